The Morgan fingerprint density at radius 1 is 0.778 bits per heavy atom. The summed E-state index contributed by atoms with van der Waals surface area (Å²) in [7, 11) is 0. The van der Waals surface area contributed by atoms with E-state index in [-0.39, 0.29) is 0 Å². The van der Waals surface area contributed by atoms with Gasteiger partial charge in [-0.15, -0.1) is 0 Å². The first-order valence-electron chi connectivity index (χ1n) is 9.30. The second-order valence-electron chi connectivity index (χ2n) is 6.93. The van der Waals surface area contributed by atoms with Crippen molar-refractivity contribution in [3.63, 3.8) is 0 Å². The molecule has 1 aliphatic rings. The van der Waals surface area contributed by atoms with Crippen LogP contribution in [0.25, 0.3) is 5.57 Å². The summed E-state index contributed by atoms with van der Waals surface area (Å²) in [4.78, 5) is 2.24. The van der Waals surface area contributed by atoms with Crippen LogP contribution >= 0.6 is 11.6 Å². The van der Waals surface area contributed by atoms with Crippen LogP contribution in [0.1, 0.15) is 18.9 Å². The summed E-state index contributed by atoms with van der Waals surface area (Å²) in [5, 5.41) is 0.743. The van der Waals surface area contributed by atoms with E-state index in [0.717, 1.165) is 28.5 Å². The SMILES string of the molecule is CC1C=C(c2ccc(N(c3ccccc3)c3ccc(Cl)cc3)cc2)C=CC1. The largest absolute Gasteiger partial charge is 0.311 e. The van der Waals surface area contributed by atoms with E-state index in [4.69, 9.17) is 11.6 Å². The van der Waals surface area contributed by atoms with Crippen LogP contribution in [0.4, 0.5) is 17.1 Å². The molecule has 0 spiro atoms. The standard InChI is InChI=1S/C25H22ClN/c1-19-6-5-7-21(18-19)20-10-14-24(15-11-20)27(23-8-3-2-4-9-23)25-16-12-22(26)13-17-25/h2-5,7-19H,6H2,1H3. The summed E-state index contributed by atoms with van der Waals surface area (Å²) in [6, 6.07) is 27.1. The molecule has 3 aromatic carbocycles. The lowest BCUT2D eigenvalue weighted by atomic mass is 9.93. The Bertz CT molecular complexity index is 953. The highest BCUT2D eigenvalue weighted by Gasteiger charge is 2.13. The maximum atomic E-state index is 6.10. The molecule has 0 saturated heterocycles. The normalized spacial score (nSPS) is 16.1. The number of anilines is 3. The van der Waals surface area contributed by atoms with Gasteiger partial charge in [-0.2, -0.15) is 0 Å². The van der Waals surface area contributed by atoms with Crippen molar-refractivity contribution >= 4 is 34.2 Å². The Labute approximate surface area is 166 Å². The van der Waals surface area contributed by atoms with Gasteiger partial charge in [0, 0.05) is 22.1 Å². The van der Waals surface area contributed by atoms with E-state index in [1.807, 2.05) is 18.2 Å². The van der Waals surface area contributed by atoms with Gasteiger partial charge in [-0.25, -0.2) is 0 Å². The third-order valence-corrected chi connectivity index (χ3v) is 5.08. The predicted molar refractivity (Wildman–Crippen MR) is 117 cm³/mol. The Morgan fingerprint density at radius 2 is 1.37 bits per heavy atom. The van der Waals surface area contributed by atoms with Gasteiger partial charge in [-0.1, -0.05) is 67.1 Å². The first-order valence-corrected chi connectivity index (χ1v) is 9.68. The molecule has 1 aliphatic carbocycles. The summed E-state index contributed by atoms with van der Waals surface area (Å²) in [6.07, 6.45) is 7.96. The molecule has 1 unspecified atom stereocenters. The van der Waals surface area contributed by atoms with Crippen molar-refractivity contribution in [2.24, 2.45) is 5.92 Å². The molecular weight excluding hydrogens is 350 g/mol. The zero-order chi connectivity index (χ0) is 18.6. The Hall–Kier alpha value is -2.77. The van der Waals surface area contributed by atoms with Gasteiger partial charge in [0.05, 0.1) is 0 Å². The molecule has 2 heteroatoms. The quantitative estimate of drug-likeness (QED) is 0.452. The number of rotatable bonds is 4. The van der Waals surface area contributed by atoms with Crippen molar-refractivity contribution in [3.8, 4) is 0 Å². The fraction of sp³-hybridized carbons (Fsp3) is 0.120. The fourth-order valence-corrected chi connectivity index (χ4v) is 3.58. The third kappa shape index (κ3) is 3.99. The Kier molecular flexibility index (Phi) is 5.13. The lowest BCUT2D eigenvalue weighted by molar-refractivity contribution is 0.740. The van der Waals surface area contributed by atoms with Gasteiger partial charge in [-0.05, 0) is 72.0 Å². The molecule has 27 heavy (non-hydrogen) atoms. The van der Waals surface area contributed by atoms with E-state index < -0.39 is 0 Å². The van der Waals surface area contributed by atoms with E-state index in [9.17, 15) is 0 Å². The van der Waals surface area contributed by atoms with Gasteiger partial charge < -0.3 is 4.90 Å². The van der Waals surface area contributed by atoms with Crippen LogP contribution in [0.15, 0.2) is 97.1 Å². The number of nitrogens with zero attached hydrogens (tertiary/aromatic N) is 1. The molecule has 0 fully saturated rings. The van der Waals surface area contributed by atoms with Crippen LogP contribution < -0.4 is 4.90 Å². The zero-order valence-electron chi connectivity index (χ0n) is 15.3. The highest BCUT2D eigenvalue weighted by molar-refractivity contribution is 6.30. The van der Waals surface area contributed by atoms with Crippen LogP contribution in [0.2, 0.25) is 5.02 Å². The molecule has 0 amide bonds. The lowest BCUT2D eigenvalue weighted by Gasteiger charge is -2.25. The van der Waals surface area contributed by atoms with E-state index in [0.29, 0.717) is 5.92 Å². The first kappa shape index (κ1) is 17.6. The van der Waals surface area contributed by atoms with Crippen molar-refractivity contribution in [1.29, 1.82) is 0 Å². The number of halogens is 1. The van der Waals surface area contributed by atoms with Gasteiger partial charge in [-0.3, -0.25) is 0 Å². The van der Waals surface area contributed by atoms with Gasteiger partial charge in [0.15, 0.2) is 0 Å². The molecule has 3 aromatic rings. The minimum Gasteiger partial charge on any atom is -0.311 e. The van der Waals surface area contributed by atoms with Crippen molar-refractivity contribution in [2.45, 2.75) is 13.3 Å². The molecular formula is C25H22ClN. The van der Waals surface area contributed by atoms with E-state index >= 15 is 0 Å². The molecule has 0 aromatic heterocycles. The molecule has 0 bridgehead atoms. The third-order valence-electron chi connectivity index (χ3n) is 4.83. The topological polar surface area (TPSA) is 3.24 Å². The minimum absolute atomic E-state index is 0.597. The second kappa shape index (κ2) is 7.85. The monoisotopic (exact) mass is 371 g/mol. The zero-order valence-corrected chi connectivity index (χ0v) is 16.1. The smallest absolute Gasteiger partial charge is 0.0462 e. The maximum absolute atomic E-state index is 6.10. The van der Waals surface area contributed by atoms with Crippen LogP contribution in [-0.4, -0.2) is 0 Å². The summed E-state index contributed by atoms with van der Waals surface area (Å²) in [5.74, 6) is 0.597. The molecule has 4 rings (SSSR count). The van der Waals surface area contributed by atoms with Crippen molar-refractivity contribution in [1.82, 2.24) is 0 Å². The van der Waals surface area contributed by atoms with E-state index in [2.05, 4.69) is 90.7 Å². The van der Waals surface area contributed by atoms with E-state index in [1.54, 1.807) is 0 Å². The second-order valence-corrected chi connectivity index (χ2v) is 7.37. The van der Waals surface area contributed by atoms with Crippen molar-refractivity contribution in [2.75, 3.05) is 4.90 Å². The first-order chi connectivity index (χ1) is 13.2. The van der Waals surface area contributed by atoms with Gasteiger partial charge >= 0.3 is 0 Å². The summed E-state index contributed by atoms with van der Waals surface area (Å²) in [6.45, 7) is 2.26. The summed E-state index contributed by atoms with van der Waals surface area (Å²) >= 11 is 6.10. The van der Waals surface area contributed by atoms with Gasteiger partial charge in [0.25, 0.3) is 0 Å². The number of benzene rings is 3. The summed E-state index contributed by atoms with van der Waals surface area (Å²) < 4.78 is 0. The predicted octanol–water partition coefficient (Wildman–Crippen LogP) is 7.79. The number of allylic oxidation sites excluding steroid dienone is 4. The van der Waals surface area contributed by atoms with Crippen LogP contribution in [0, 0.1) is 5.92 Å². The molecule has 0 N–H and O–H groups in total. The maximum Gasteiger partial charge on any atom is 0.0462 e. The van der Waals surface area contributed by atoms with Crippen molar-refractivity contribution < 1.29 is 0 Å². The van der Waals surface area contributed by atoms with Gasteiger partial charge in [0.2, 0.25) is 0 Å². The number of hydrogen-bond donors (Lipinski definition) is 0. The number of hydrogen-bond acceptors (Lipinski definition) is 1. The number of para-hydroxylation sites is 1. The Balaban J connectivity index is 1.72. The average Bonchev–Trinajstić information content (AvgIpc) is 2.71. The summed E-state index contributed by atoms with van der Waals surface area (Å²) in [5.41, 5.74) is 5.89. The highest BCUT2D eigenvalue weighted by atomic mass is 35.5. The Morgan fingerprint density at radius 3 is 2.00 bits per heavy atom. The molecule has 0 radical (unpaired) electrons. The van der Waals surface area contributed by atoms with Gasteiger partial charge in [0.1, 0.15) is 0 Å². The molecule has 0 saturated carbocycles. The lowest BCUT2D eigenvalue weighted by Crippen LogP contribution is -2.09. The van der Waals surface area contributed by atoms with Crippen LogP contribution in [-0.2, 0) is 0 Å². The average molecular weight is 372 g/mol. The minimum atomic E-state index is 0.597. The van der Waals surface area contributed by atoms with Crippen LogP contribution in [0.3, 0.4) is 0 Å². The molecule has 134 valence electrons. The molecule has 0 heterocycles. The highest BCUT2D eigenvalue weighted by Crippen LogP contribution is 2.35. The van der Waals surface area contributed by atoms with E-state index in [1.165, 1.54) is 11.1 Å². The molecule has 0 aliphatic heterocycles. The molecule has 1 atom stereocenters. The fourth-order valence-electron chi connectivity index (χ4n) is 3.45. The van der Waals surface area contributed by atoms with Crippen molar-refractivity contribution in [3.05, 3.63) is 108 Å². The van der Waals surface area contributed by atoms with Crippen LogP contribution in [0.5, 0.6) is 0 Å². The molecule has 1 nitrogen and oxygen atoms in total.